The second-order valence-corrected chi connectivity index (χ2v) is 2.84. The highest BCUT2D eigenvalue weighted by Crippen LogP contribution is 2.23. The molecular weight excluding hydrogens is 140 g/mol. The molecule has 0 N–H and O–H groups in total. The second kappa shape index (κ2) is 3.89. The van der Waals surface area contributed by atoms with Crippen LogP contribution in [-0.4, -0.2) is 6.98 Å². The van der Waals surface area contributed by atoms with E-state index in [0.717, 1.165) is 6.42 Å². The summed E-state index contributed by atoms with van der Waals surface area (Å²) >= 11 is 0. The predicted octanol–water partition coefficient (Wildman–Crippen LogP) is 3.27. The van der Waals surface area contributed by atoms with Crippen molar-refractivity contribution in [3.05, 3.63) is 0 Å². The van der Waals surface area contributed by atoms with Gasteiger partial charge in [0.25, 0.3) is 0 Å². The van der Waals surface area contributed by atoms with Crippen LogP contribution in [0.4, 0.5) is 12.9 Å². The van der Waals surface area contributed by atoms with Crippen molar-refractivity contribution in [1.29, 1.82) is 0 Å². The van der Waals surface area contributed by atoms with Gasteiger partial charge in [-0.2, -0.15) is 0 Å². The minimum absolute atomic E-state index is 0.190. The van der Waals surface area contributed by atoms with Crippen molar-refractivity contribution in [2.45, 2.75) is 33.0 Å². The molecule has 62 valence electrons. The van der Waals surface area contributed by atoms with Gasteiger partial charge in [0.2, 0.25) is 0 Å². The molecule has 0 bridgehead atoms. The van der Waals surface area contributed by atoms with Crippen LogP contribution >= 0.6 is 0 Å². The Labute approximate surface area is 59.9 Å². The fraction of sp³-hybridized carbons (Fsp3) is 1.00. The van der Waals surface area contributed by atoms with E-state index in [2.05, 4.69) is 0 Å². The summed E-state index contributed by atoms with van der Waals surface area (Å²) in [4.78, 5) is 0. The van der Waals surface area contributed by atoms with E-state index in [-0.39, 0.29) is 5.92 Å². The van der Waals surface area contributed by atoms with Gasteiger partial charge < -0.3 is 12.9 Å². The van der Waals surface area contributed by atoms with Crippen molar-refractivity contribution in [2.75, 3.05) is 0 Å². The first-order valence-corrected chi connectivity index (χ1v) is 3.66. The third kappa shape index (κ3) is 5.98. The van der Waals surface area contributed by atoms with Gasteiger partial charge in [-0.15, -0.1) is 0 Å². The molecule has 0 rings (SSSR count). The van der Waals surface area contributed by atoms with E-state index in [9.17, 15) is 12.9 Å². The number of hydrogen-bond donors (Lipinski definition) is 0. The van der Waals surface area contributed by atoms with E-state index in [1.54, 1.807) is 6.92 Å². The molecular formula is C6H13BF3-. The fourth-order valence-electron chi connectivity index (χ4n) is 1.07. The van der Waals surface area contributed by atoms with Crippen LogP contribution in [0.15, 0.2) is 0 Å². The van der Waals surface area contributed by atoms with Crippen LogP contribution in [-0.2, 0) is 0 Å². The van der Waals surface area contributed by atoms with Gasteiger partial charge in [0.15, 0.2) is 0 Å². The average Bonchev–Trinajstić information content (AvgIpc) is 1.59. The number of hydrogen-bond acceptors (Lipinski definition) is 0. The summed E-state index contributed by atoms with van der Waals surface area (Å²) in [6.45, 7) is -0.999. The molecule has 10 heavy (non-hydrogen) atoms. The Morgan fingerprint density at radius 3 is 2.10 bits per heavy atom. The van der Waals surface area contributed by atoms with Crippen LogP contribution in [0.1, 0.15) is 26.7 Å². The average molecular weight is 153 g/mol. The SMILES string of the molecule is CCCC(C)C[B-](F)(F)F. The van der Waals surface area contributed by atoms with Gasteiger partial charge >= 0.3 is 6.98 Å². The Kier molecular flexibility index (Phi) is 3.83. The molecule has 1 atom stereocenters. The van der Waals surface area contributed by atoms with Crippen LogP contribution in [0.5, 0.6) is 0 Å². The lowest BCUT2D eigenvalue weighted by Crippen LogP contribution is -2.18. The molecule has 0 aliphatic rings. The summed E-state index contributed by atoms with van der Waals surface area (Å²) in [5, 5.41) is 0. The molecule has 0 aromatic carbocycles. The third-order valence-electron chi connectivity index (χ3n) is 1.45. The molecule has 0 nitrogen and oxygen atoms in total. The van der Waals surface area contributed by atoms with Gasteiger partial charge in [-0.3, -0.25) is 0 Å². The number of rotatable bonds is 4. The Bertz CT molecular complexity index is 89.5. The van der Waals surface area contributed by atoms with Gasteiger partial charge in [0.05, 0.1) is 0 Å². The minimum atomic E-state index is -4.55. The van der Waals surface area contributed by atoms with Gasteiger partial charge in [-0.05, 0) is 0 Å². The Morgan fingerprint density at radius 2 is 1.80 bits per heavy atom. The van der Waals surface area contributed by atoms with Crippen molar-refractivity contribution >= 4 is 6.98 Å². The number of halogens is 3. The first-order valence-electron chi connectivity index (χ1n) is 3.66. The largest absolute Gasteiger partial charge is 0.478 e. The van der Waals surface area contributed by atoms with E-state index < -0.39 is 13.3 Å². The lowest BCUT2D eigenvalue weighted by Gasteiger charge is -2.18. The van der Waals surface area contributed by atoms with Gasteiger partial charge in [-0.25, -0.2) is 0 Å². The summed E-state index contributed by atoms with van der Waals surface area (Å²) in [5.41, 5.74) is 0. The van der Waals surface area contributed by atoms with Crippen molar-refractivity contribution in [3.8, 4) is 0 Å². The minimum Gasteiger partial charge on any atom is -0.449 e. The maximum atomic E-state index is 11.7. The van der Waals surface area contributed by atoms with Crippen molar-refractivity contribution < 1.29 is 12.9 Å². The van der Waals surface area contributed by atoms with E-state index in [4.69, 9.17) is 0 Å². The van der Waals surface area contributed by atoms with Crippen LogP contribution in [0.25, 0.3) is 0 Å². The van der Waals surface area contributed by atoms with Crippen molar-refractivity contribution in [2.24, 2.45) is 5.92 Å². The zero-order valence-corrected chi connectivity index (χ0v) is 6.41. The second-order valence-electron chi connectivity index (χ2n) is 2.84. The van der Waals surface area contributed by atoms with E-state index in [1.165, 1.54) is 0 Å². The highest BCUT2D eigenvalue weighted by molar-refractivity contribution is 6.58. The molecule has 0 radical (unpaired) electrons. The third-order valence-corrected chi connectivity index (χ3v) is 1.45. The van der Waals surface area contributed by atoms with Gasteiger partial charge in [0.1, 0.15) is 0 Å². The summed E-state index contributed by atoms with van der Waals surface area (Å²) in [7, 11) is 0. The molecule has 0 fully saturated rings. The molecule has 1 unspecified atom stereocenters. The quantitative estimate of drug-likeness (QED) is 0.543. The predicted molar refractivity (Wildman–Crippen MR) is 38.0 cm³/mol. The molecule has 0 aromatic rings. The fourth-order valence-corrected chi connectivity index (χ4v) is 1.07. The van der Waals surface area contributed by atoms with E-state index >= 15 is 0 Å². The lowest BCUT2D eigenvalue weighted by molar-refractivity contribution is 0.428. The first kappa shape index (κ1) is 9.85. The molecule has 0 spiro atoms. The molecule has 0 saturated carbocycles. The molecule has 0 aliphatic heterocycles. The topological polar surface area (TPSA) is 0 Å². The zero-order chi connectivity index (χ0) is 8.20. The first-order chi connectivity index (χ1) is 4.45. The summed E-state index contributed by atoms with van der Waals surface area (Å²) in [5.74, 6) is -0.190. The maximum absolute atomic E-state index is 11.7. The lowest BCUT2D eigenvalue weighted by atomic mass is 9.77. The summed E-state index contributed by atoms with van der Waals surface area (Å²) < 4.78 is 35.1. The summed E-state index contributed by atoms with van der Waals surface area (Å²) in [6.07, 6.45) is 0.947. The normalized spacial score (nSPS) is 15.3. The van der Waals surface area contributed by atoms with Crippen molar-refractivity contribution in [1.82, 2.24) is 0 Å². The maximum Gasteiger partial charge on any atom is 0.478 e. The van der Waals surface area contributed by atoms with Crippen LogP contribution in [0, 0.1) is 5.92 Å². The summed E-state index contributed by atoms with van der Waals surface area (Å²) in [6, 6.07) is 0. The zero-order valence-electron chi connectivity index (χ0n) is 6.41. The van der Waals surface area contributed by atoms with E-state index in [0.29, 0.717) is 6.42 Å². The van der Waals surface area contributed by atoms with Crippen LogP contribution in [0.3, 0.4) is 0 Å². The standard InChI is InChI=1S/C6H13BF3/c1-3-4-6(2)5-7(8,9)10/h6H,3-5H2,1-2H3/q-1. The molecule has 0 saturated heterocycles. The molecule has 4 heteroatoms. The highest BCUT2D eigenvalue weighted by atomic mass is 19.4. The van der Waals surface area contributed by atoms with E-state index in [1.807, 2.05) is 6.92 Å². The Balaban J connectivity index is 3.47. The molecule has 0 amide bonds. The Hall–Kier alpha value is -0.145. The smallest absolute Gasteiger partial charge is 0.449 e. The Morgan fingerprint density at radius 1 is 1.30 bits per heavy atom. The van der Waals surface area contributed by atoms with Crippen molar-refractivity contribution in [3.63, 3.8) is 0 Å². The van der Waals surface area contributed by atoms with Crippen LogP contribution in [0.2, 0.25) is 6.32 Å². The molecule has 0 aliphatic carbocycles. The molecule has 0 heterocycles. The van der Waals surface area contributed by atoms with Crippen LogP contribution < -0.4 is 0 Å². The monoisotopic (exact) mass is 153 g/mol. The molecule has 0 aromatic heterocycles. The van der Waals surface area contributed by atoms with Gasteiger partial charge in [-0.1, -0.05) is 38.9 Å². The van der Waals surface area contributed by atoms with Gasteiger partial charge in [0, 0.05) is 0 Å². The highest BCUT2D eigenvalue weighted by Gasteiger charge is 2.24.